The summed E-state index contributed by atoms with van der Waals surface area (Å²) in [5.41, 5.74) is 6.54. The number of carbonyl (C=O) groups is 2. The average Bonchev–Trinajstić information content (AvgIpc) is 3.36. The Kier molecular flexibility index (Phi) is 6.23. The maximum Gasteiger partial charge on any atom is 0.270 e. The molecule has 168 valence electrons. The smallest absolute Gasteiger partial charge is 0.267 e. The highest BCUT2D eigenvalue weighted by molar-refractivity contribution is 7.89. The van der Waals surface area contributed by atoms with E-state index >= 15 is 0 Å². The lowest BCUT2D eigenvalue weighted by molar-refractivity contribution is 0.0847. The minimum absolute atomic E-state index is 0.0211. The van der Waals surface area contributed by atoms with Gasteiger partial charge in [-0.05, 0) is 41.8 Å². The predicted molar refractivity (Wildman–Crippen MR) is 127 cm³/mol. The number of sulfonamides is 1. The summed E-state index contributed by atoms with van der Waals surface area (Å²) in [5, 5.41) is 2.57. The van der Waals surface area contributed by atoms with Crippen molar-refractivity contribution in [2.24, 2.45) is 0 Å². The number of rotatable bonds is 5. The molecule has 2 N–H and O–H groups in total. The molecule has 2 aromatic carbocycles. The third-order valence-electron chi connectivity index (χ3n) is 4.90. The Bertz CT molecular complexity index is 1450. The number of pyridine rings is 1. The number of amides is 2. The molecule has 0 aliphatic heterocycles. The normalized spacial score (nSPS) is 11.5. The molecule has 4 aromatic rings. The Morgan fingerprint density at radius 2 is 1.67 bits per heavy atom. The van der Waals surface area contributed by atoms with E-state index in [0.29, 0.717) is 22.2 Å². The third kappa shape index (κ3) is 4.63. The van der Waals surface area contributed by atoms with E-state index in [0.717, 1.165) is 9.18 Å². The number of hydrazine groups is 1. The number of nitrogens with one attached hydrogen (secondary N) is 2. The van der Waals surface area contributed by atoms with Gasteiger partial charge in [0.1, 0.15) is 0 Å². The SMILES string of the molecule is CN(C)S(=O)(=O)c1cccc(C(=O)NNC(=O)c2cc(-c3cccs3)nc3ccccc23)c1. The first kappa shape index (κ1) is 22.6. The molecule has 0 spiro atoms. The van der Waals surface area contributed by atoms with Gasteiger partial charge in [0, 0.05) is 25.0 Å². The van der Waals surface area contributed by atoms with Crippen molar-refractivity contribution in [1.82, 2.24) is 20.1 Å². The Balaban J connectivity index is 1.58. The predicted octanol–water partition coefficient (Wildman–Crippen LogP) is 3.29. The van der Waals surface area contributed by atoms with Crippen LogP contribution < -0.4 is 10.9 Å². The number of fused-ring (bicyclic) bond motifs is 1. The fourth-order valence-corrected chi connectivity index (χ4v) is 4.81. The molecule has 0 bridgehead atoms. The van der Waals surface area contributed by atoms with Gasteiger partial charge >= 0.3 is 0 Å². The molecular weight excluding hydrogens is 460 g/mol. The summed E-state index contributed by atoms with van der Waals surface area (Å²) in [7, 11) is -0.881. The summed E-state index contributed by atoms with van der Waals surface area (Å²) >= 11 is 1.51. The molecule has 0 fully saturated rings. The van der Waals surface area contributed by atoms with Gasteiger partial charge in [-0.3, -0.25) is 20.4 Å². The topological polar surface area (TPSA) is 108 Å². The minimum atomic E-state index is -3.70. The lowest BCUT2D eigenvalue weighted by Crippen LogP contribution is -2.41. The molecular formula is C23H20N4O4S2. The monoisotopic (exact) mass is 480 g/mol. The minimum Gasteiger partial charge on any atom is -0.267 e. The van der Waals surface area contributed by atoms with Crippen LogP contribution in [0.25, 0.3) is 21.5 Å². The second-order valence-electron chi connectivity index (χ2n) is 7.27. The van der Waals surface area contributed by atoms with Crippen molar-refractivity contribution in [3.8, 4) is 10.6 Å². The van der Waals surface area contributed by atoms with E-state index in [4.69, 9.17) is 0 Å². The molecule has 2 aromatic heterocycles. The lowest BCUT2D eigenvalue weighted by Gasteiger charge is -2.13. The summed E-state index contributed by atoms with van der Waals surface area (Å²) < 4.78 is 25.7. The standard InChI is InChI=1S/C23H20N4O4S2/c1-27(2)33(30,31)16-8-5-7-15(13-16)22(28)25-26-23(29)18-14-20(21-11-6-12-32-21)24-19-10-4-3-9-17(18)19/h3-14H,1-2H3,(H,25,28)(H,26,29). The van der Waals surface area contributed by atoms with Gasteiger partial charge < -0.3 is 0 Å². The van der Waals surface area contributed by atoms with Gasteiger partial charge in [0.05, 0.1) is 26.5 Å². The van der Waals surface area contributed by atoms with Crippen LogP contribution in [0.1, 0.15) is 20.7 Å². The van der Waals surface area contributed by atoms with Crippen LogP contribution in [0.5, 0.6) is 0 Å². The van der Waals surface area contributed by atoms with Crippen molar-refractivity contribution in [3.63, 3.8) is 0 Å². The van der Waals surface area contributed by atoms with Gasteiger partial charge in [-0.15, -0.1) is 11.3 Å². The fourth-order valence-electron chi connectivity index (χ4n) is 3.18. The highest BCUT2D eigenvalue weighted by atomic mass is 32.2. The summed E-state index contributed by atoms with van der Waals surface area (Å²) in [6, 6.07) is 18.3. The van der Waals surface area contributed by atoms with E-state index in [9.17, 15) is 18.0 Å². The molecule has 4 rings (SSSR count). The van der Waals surface area contributed by atoms with Crippen LogP contribution in [-0.4, -0.2) is 43.6 Å². The first-order valence-corrected chi connectivity index (χ1v) is 12.2. The Hall–Kier alpha value is -3.60. The molecule has 8 nitrogen and oxygen atoms in total. The first-order chi connectivity index (χ1) is 15.8. The van der Waals surface area contributed by atoms with Gasteiger partial charge in [0.25, 0.3) is 11.8 Å². The van der Waals surface area contributed by atoms with E-state index in [-0.39, 0.29) is 10.5 Å². The molecule has 0 saturated heterocycles. The molecule has 2 heterocycles. The molecule has 33 heavy (non-hydrogen) atoms. The van der Waals surface area contributed by atoms with Gasteiger partial charge in [0.15, 0.2) is 0 Å². The Labute approximate surface area is 194 Å². The van der Waals surface area contributed by atoms with Gasteiger partial charge in [-0.25, -0.2) is 17.7 Å². The Morgan fingerprint density at radius 3 is 2.39 bits per heavy atom. The number of hydrogen-bond acceptors (Lipinski definition) is 6. The van der Waals surface area contributed by atoms with Crippen molar-refractivity contribution >= 4 is 44.1 Å². The second kappa shape index (κ2) is 9.10. The van der Waals surface area contributed by atoms with E-state index < -0.39 is 21.8 Å². The molecule has 0 aliphatic carbocycles. The number of carbonyl (C=O) groups excluding carboxylic acids is 2. The van der Waals surface area contributed by atoms with Gasteiger partial charge in [-0.1, -0.05) is 30.3 Å². The summed E-state index contributed by atoms with van der Waals surface area (Å²) in [6.07, 6.45) is 0. The highest BCUT2D eigenvalue weighted by Crippen LogP contribution is 2.27. The number of thiophene rings is 1. The lowest BCUT2D eigenvalue weighted by atomic mass is 10.1. The third-order valence-corrected chi connectivity index (χ3v) is 7.60. The van der Waals surface area contributed by atoms with Crippen molar-refractivity contribution in [2.75, 3.05) is 14.1 Å². The zero-order valence-corrected chi connectivity index (χ0v) is 19.4. The number of para-hydroxylation sites is 1. The molecule has 10 heteroatoms. The molecule has 0 unspecified atom stereocenters. The number of hydrogen-bond donors (Lipinski definition) is 2. The van der Waals surface area contributed by atoms with E-state index in [1.54, 1.807) is 18.2 Å². The van der Waals surface area contributed by atoms with Crippen LogP contribution in [0.2, 0.25) is 0 Å². The zero-order valence-electron chi connectivity index (χ0n) is 17.8. The van der Waals surface area contributed by atoms with Crippen LogP contribution >= 0.6 is 11.3 Å². The van der Waals surface area contributed by atoms with Crippen molar-refractivity contribution < 1.29 is 18.0 Å². The van der Waals surface area contributed by atoms with E-state index in [1.807, 2.05) is 29.6 Å². The summed E-state index contributed by atoms with van der Waals surface area (Å²) in [6.45, 7) is 0. The molecule has 0 aliphatic rings. The average molecular weight is 481 g/mol. The maximum absolute atomic E-state index is 13.0. The number of aromatic nitrogens is 1. The molecule has 0 saturated carbocycles. The number of benzene rings is 2. The van der Waals surface area contributed by atoms with Crippen LogP contribution in [0.4, 0.5) is 0 Å². The first-order valence-electron chi connectivity index (χ1n) is 9.84. The van der Waals surface area contributed by atoms with Crippen LogP contribution in [0, 0.1) is 0 Å². The van der Waals surface area contributed by atoms with Crippen molar-refractivity contribution in [3.05, 3.63) is 83.2 Å². The van der Waals surface area contributed by atoms with Crippen molar-refractivity contribution in [2.45, 2.75) is 4.90 Å². The summed E-state index contributed by atoms with van der Waals surface area (Å²) in [5.74, 6) is -1.16. The largest absolute Gasteiger partial charge is 0.270 e. The van der Waals surface area contributed by atoms with Crippen LogP contribution in [0.3, 0.4) is 0 Å². The van der Waals surface area contributed by atoms with Gasteiger partial charge in [0.2, 0.25) is 10.0 Å². The second-order valence-corrected chi connectivity index (χ2v) is 10.4. The van der Waals surface area contributed by atoms with Gasteiger partial charge in [-0.2, -0.15) is 0 Å². The number of nitrogens with zero attached hydrogens (tertiary/aromatic N) is 2. The maximum atomic E-state index is 13.0. The van der Waals surface area contributed by atoms with E-state index in [1.165, 1.54) is 49.7 Å². The summed E-state index contributed by atoms with van der Waals surface area (Å²) in [4.78, 5) is 31.1. The molecule has 0 atom stereocenters. The Morgan fingerprint density at radius 1 is 0.909 bits per heavy atom. The highest BCUT2D eigenvalue weighted by Gasteiger charge is 2.20. The van der Waals surface area contributed by atoms with Crippen LogP contribution in [-0.2, 0) is 10.0 Å². The van der Waals surface area contributed by atoms with Crippen LogP contribution in [0.15, 0.2) is 77.0 Å². The van der Waals surface area contributed by atoms with E-state index in [2.05, 4.69) is 15.8 Å². The molecule has 2 amide bonds. The zero-order chi connectivity index (χ0) is 23.6. The molecule has 0 radical (unpaired) electrons. The van der Waals surface area contributed by atoms with Crippen molar-refractivity contribution in [1.29, 1.82) is 0 Å². The fraction of sp³-hybridized carbons (Fsp3) is 0.0870. The quantitative estimate of drug-likeness (QED) is 0.426.